The molecule has 1 aliphatic carbocycles. The normalized spacial score (nSPS) is 27.8. The van der Waals surface area contributed by atoms with Crippen LogP contribution in [0.1, 0.15) is 52.9 Å². The van der Waals surface area contributed by atoms with Crippen molar-refractivity contribution in [2.24, 2.45) is 11.8 Å². The van der Waals surface area contributed by atoms with Crippen LogP contribution in [-0.4, -0.2) is 48.0 Å². The third kappa shape index (κ3) is 4.03. The van der Waals surface area contributed by atoms with E-state index >= 15 is 0 Å². The number of rotatable bonds is 3. The molecular formula is C17H27NO5. The summed E-state index contributed by atoms with van der Waals surface area (Å²) in [7, 11) is 1.34. The number of esters is 2. The van der Waals surface area contributed by atoms with Gasteiger partial charge in [0.2, 0.25) is 5.91 Å². The minimum absolute atomic E-state index is 0.109. The fourth-order valence-corrected chi connectivity index (χ4v) is 3.25. The minimum atomic E-state index is -0.575. The van der Waals surface area contributed by atoms with Gasteiger partial charge in [0.05, 0.1) is 18.9 Å². The van der Waals surface area contributed by atoms with E-state index in [1.165, 1.54) is 7.11 Å². The molecule has 1 saturated heterocycles. The van der Waals surface area contributed by atoms with Crippen molar-refractivity contribution in [2.45, 2.75) is 64.5 Å². The Kier molecular flexibility index (Phi) is 5.32. The zero-order valence-corrected chi connectivity index (χ0v) is 14.5. The molecule has 0 bridgehead atoms. The molecule has 1 heterocycles. The largest absolute Gasteiger partial charge is 0.469 e. The third-order valence-electron chi connectivity index (χ3n) is 4.56. The molecule has 0 aromatic rings. The highest BCUT2D eigenvalue weighted by Crippen LogP contribution is 2.38. The van der Waals surface area contributed by atoms with Crippen LogP contribution in [-0.2, 0) is 23.9 Å². The molecule has 1 saturated carbocycles. The van der Waals surface area contributed by atoms with E-state index in [1.54, 1.807) is 4.90 Å². The van der Waals surface area contributed by atoms with Gasteiger partial charge in [0.25, 0.3) is 0 Å². The summed E-state index contributed by atoms with van der Waals surface area (Å²) in [5.41, 5.74) is -0.575. The van der Waals surface area contributed by atoms with Gasteiger partial charge in [-0.1, -0.05) is 0 Å². The van der Waals surface area contributed by atoms with Gasteiger partial charge in [0.15, 0.2) is 0 Å². The standard InChI is InChI=1S/C17H27NO5/c1-17(2,3)23-16(21)13-7-5-6-10-18(13)14(19)11-8-9-12(11)15(20)22-4/h11-13H,5-10H2,1-4H3. The van der Waals surface area contributed by atoms with Crippen molar-refractivity contribution in [2.75, 3.05) is 13.7 Å². The number of carbonyl (C=O) groups excluding carboxylic acids is 3. The molecule has 0 spiro atoms. The highest BCUT2D eigenvalue weighted by Gasteiger charge is 2.46. The zero-order valence-electron chi connectivity index (χ0n) is 14.5. The Morgan fingerprint density at radius 3 is 2.13 bits per heavy atom. The Labute approximate surface area is 137 Å². The summed E-state index contributed by atoms with van der Waals surface area (Å²) in [5.74, 6) is -1.51. The van der Waals surface area contributed by atoms with E-state index in [1.807, 2.05) is 20.8 Å². The van der Waals surface area contributed by atoms with Crippen molar-refractivity contribution in [3.63, 3.8) is 0 Å². The van der Waals surface area contributed by atoms with Gasteiger partial charge in [-0.05, 0) is 52.9 Å². The average Bonchev–Trinajstić information content (AvgIpc) is 2.44. The van der Waals surface area contributed by atoms with E-state index in [2.05, 4.69) is 0 Å². The van der Waals surface area contributed by atoms with E-state index in [4.69, 9.17) is 9.47 Å². The zero-order chi connectivity index (χ0) is 17.2. The lowest BCUT2D eigenvalue weighted by molar-refractivity contribution is -0.170. The van der Waals surface area contributed by atoms with E-state index in [9.17, 15) is 14.4 Å². The van der Waals surface area contributed by atoms with Gasteiger partial charge in [-0.15, -0.1) is 0 Å². The summed E-state index contributed by atoms with van der Waals surface area (Å²) in [6.07, 6.45) is 3.75. The first-order valence-electron chi connectivity index (χ1n) is 8.36. The lowest BCUT2D eigenvalue weighted by Gasteiger charge is -2.41. The number of ether oxygens (including phenoxy) is 2. The highest BCUT2D eigenvalue weighted by atomic mass is 16.6. The van der Waals surface area contributed by atoms with Crippen LogP contribution in [0.2, 0.25) is 0 Å². The molecule has 0 aromatic carbocycles. The predicted molar refractivity (Wildman–Crippen MR) is 83.4 cm³/mol. The topological polar surface area (TPSA) is 72.9 Å². The Morgan fingerprint density at radius 2 is 1.61 bits per heavy atom. The van der Waals surface area contributed by atoms with Gasteiger partial charge in [-0.3, -0.25) is 9.59 Å². The van der Waals surface area contributed by atoms with Crippen LogP contribution in [0.4, 0.5) is 0 Å². The van der Waals surface area contributed by atoms with Gasteiger partial charge in [-0.25, -0.2) is 4.79 Å². The molecule has 130 valence electrons. The minimum Gasteiger partial charge on any atom is -0.469 e. The number of nitrogens with zero attached hydrogens (tertiary/aromatic N) is 1. The average molecular weight is 325 g/mol. The van der Waals surface area contributed by atoms with Gasteiger partial charge in [0, 0.05) is 6.54 Å². The first-order valence-corrected chi connectivity index (χ1v) is 8.36. The summed E-state index contributed by atoms with van der Waals surface area (Å²) >= 11 is 0. The first kappa shape index (κ1) is 17.8. The first-order chi connectivity index (χ1) is 10.7. The second kappa shape index (κ2) is 6.89. The van der Waals surface area contributed by atoms with Crippen molar-refractivity contribution < 1.29 is 23.9 Å². The molecular weight excluding hydrogens is 298 g/mol. The summed E-state index contributed by atoms with van der Waals surface area (Å²) in [6.45, 7) is 6.00. The van der Waals surface area contributed by atoms with E-state index in [-0.39, 0.29) is 29.7 Å². The summed E-state index contributed by atoms with van der Waals surface area (Å²) in [4.78, 5) is 38.6. The molecule has 3 atom stereocenters. The second-order valence-electron chi connectivity index (χ2n) is 7.39. The van der Waals surface area contributed by atoms with Crippen LogP contribution in [0.15, 0.2) is 0 Å². The Balaban J connectivity index is 2.07. The fourth-order valence-electron chi connectivity index (χ4n) is 3.25. The summed E-state index contributed by atoms with van der Waals surface area (Å²) < 4.78 is 10.2. The Hall–Kier alpha value is -1.59. The number of likely N-dealkylation sites (tertiary alicyclic amines) is 1. The van der Waals surface area contributed by atoms with Crippen molar-refractivity contribution >= 4 is 17.8 Å². The molecule has 23 heavy (non-hydrogen) atoms. The number of hydrogen-bond donors (Lipinski definition) is 0. The second-order valence-corrected chi connectivity index (χ2v) is 7.39. The fraction of sp³-hybridized carbons (Fsp3) is 0.824. The van der Waals surface area contributed by atoms with Gasteiger partial charge < -0.3 is 14.4 Å². The maximum atomic E-state index is 12.8. The number of hydrogen-bond acceptors (Lipinski definition) is 5. The molecule has 3 unspecified atom stereocenters. The van der Waals surface area contributed by atoms with Crippen LogP contribution in [0.25, 0.3) is 0 Å². The lowest BCUT2D eigenvalue weighted by Crippen LogP contribution is -2.55. The molecule has 0 N–H and O–H groups in total. The van der Waals surface area contributed by atoms with Crippen molar-refractivity contribution in [3.8, 4) is 0 Å². The number of methoxy groups -OCH3 is 1. The summed E-state index contributed by atoms with van der Waals surface area (Å²) in [5, 5.41) is 0. The maximum Gasteiger partial charge on any atom is 0.329 e. The van der Waals surface area contributed by atoms with Crippen molar-refractivity contribution in [3.05, 3.63) is 0 Å². The van der Waals surface area contributed by atoms with Crippen LogP contribution in [0.3, 0.4) is 0 Å². The Morgan fingerprint density at radius 1 is 0.957 bits per heavy atom. The molecule has 6 heteroatoms. The van der Waals surface area contributed by atoms with Gasteiger partial charge >= 0.3 is 11.9 Å². The predicted octanol–water partition coefficient (Wildman–Crippen LogP) is 1.91. The maximum absolute atomic E-state index is 12.8. The lowest BCUT2D eigenvalue weighted by atomic mass is 9.72. The number of amides is 1. The van der Waals surface area contributed by atoms with Crippen LogP contribution in [0.5, 0.6) is 0 Å². The smallest absolute Gasteiger partial charge is 0.329 e. The molecule has 0 radical (unpaired) electrons. The van der Waals surface area contributed by atoms with E-state index < -0.39 is 11.6 Å². The summed E-state index contributed by atoms with van der Waals surface area (Å²) in [6, 6.07) is -0.533. The quantitative estimate of drug-likeness (QED) is 0.741. The molecule has 1 amide bonds. The molecule has 6 nitrogen and oxygen atoms in total. The monoisotopic (exact) mass is 325 g/mol. The van der Waals surface area contributed by atoms with Gasteiger partial charge in [-0.2, -0.15) is 0 Å². The van der Waals surface area contributed by atoms with Crippen LogP contribution in [0, 0.1) is 11.8 Å². The number of piperidine rings is 1. The van der Waals surface area contributed by atoms with E-state index in [0.29, 0.717) is 25.8 Å². The Bertz CT molecular complexity index is 482. The van der Waals surface area contributed by atoms with Crippen molar-refractivity contribution in [1.29, 1.82) is 0 Å². The molecule has 2 fully saturated rings. The van der Waals surface area contributed by atoms with Crippen LogP contribution < -0.4 is 0 Å². The molecule has 2 rings (SSSR count). The third-order valence-corrected chi connectivity index (χ3v) is 4.56. The highest BCUT2D eigenvalue weighted by molar-refractivity contribution is 5.90. The number of carbonyl (C=O) groups is 3. The molecule has 1 aliphatic heterocycles. The molecule has 0 aromatic heterocycles. The SMILES string of the molecule is COC(=O)C1CCC1C(=O)N1CCCCC1C(=O)OC(C)(C)C. The van der Waals surface area contributed by atoms with Gasteiger partial charge in [0.1, 0.15) is 11.6 Å². The van der Waals surface area contributed by atoms with E-state index in [0.717, 1.165) is 12.8 Å². The van der Waals surface area contributed by atoms with Crippen molar-refractivity contribution in [1.82, 2.24) is 4.90 Å². The molecule has 2 aliphatic rings. The van der Waals surface area contributed by atoms with Crippen LogP contribution >= 0.6 is 0 Å².